The number of carbonyl (C=O) groups excluding carboxylic acids is 1. The standard InChI is InChI=1S/C19H20N2O5/c1-19(2)12-26-16(13-7-4-3-5-8-13)11-20(19)18(23)14-9-6-10-15(17(14)22)21(24)25/h3-10,16,22H,11-12H2,1-2H3. The second-order valence-corrected chi connectivity index (χ2v) is 6.87. The summed E-state index contributed by atoms with van der Waals surface area (Å²) in [6.07, 6.45) is -0.297. The number of rotatable bonds is 3. The van der Waals surface area contributed by atoms with E-state index in [9.17, 15) is 20.0 Å². The zero-order valence-corrected chi connectivity index (χ0v) is 14.6. The van der Waals surface area contributed by atoms with Crippen molar-refractivity contribution < 1.29 is 19.6 Å². The lowest BCUT2D eigenvalue weighted by Crippen LogP contribution is -2.56. The Labute approximate surface area is 151 Å². The van der Waals surface area contributed by atoms with E-state index < -0.39 is 27.8 Å². The van der Waals surface area contributed by atoms with Gasteiger partial charge in [0.2, 0.25) is 5.75 Å². The van der Waals surface area contributed by atoms with E-state index in [0.717, 1.165) is 5.56 Å². The summed E-state index contributed by atoms with van der Waals surface area (Å²) in [7, 11) is 0. The van der Waals surface area contributed by atoms with Crippen LogP contribution in [0.5, 0.6) is 5.75 Å². The summed E-state index contributed by atoms with van der Waals surface area (Å²) in [6, 6.07) is 13.5. The molecule has 0 radical (unpaired) electrons. The van der Waals surface area contributed by atoms with Gasteiger partial charge < -0.3 is 14.7 Å². The Kier molecular flexibility index (Phi) is 4.65. The molecule has 1 atom stereocenters. The molecule has 7 heteroatoms. The summed E-state index contributed by atoms with van der Waals surface area (Å²) in [5, 5.41) is 21.2. The fraction of sp³-hybridized carbons (Fsp3) is 0.316. The van der Waals surface area contributed by atoms with Crippen LogP contribution < -0.4 is 0 Å². The number of nitrogens with zero attached hydrogens (tertiary/aromatic N) is 2. The van der Waals surface area contributed by atoms with Gasteiger partial charge >= 0.3 is 5.69 Å². The molecule has 0 aromatic heterocycles. The molecule has 1 aliphatic heterocycles. The smallest absolute Gasteiger partial charge is 0.311 e. The van der Waals surface area contributed by atoms with Gasteiger partial charge in [0.1, 0.15) is 6.10 Å². The third-order valence-electron chi connectivity index (χ3n) is 4.58. The van der Waals surface area contributed by atoms with Crippen LogP contribution in [0.2, 0.25) is 0 Å². The maximum Gasteiger partial charge on any atom is 0.311 e. The lowest BCUT2D eigenvalue weighted by atomic mass is 9.96. The van der Waals surface area contributed by atoms with E-state index in [2.05, 4.69) is 0 Å². The summed E-state index contributed by atoms with van der Waals surface area (Å²) >= 11 is 0. The number of nitro benzene ring substituents is 1. The van der Waals surface area contributed by atoms with Gasteiger partial charge in [-0.3, -0.25) is 14.9 Å². The van der Waals surface area contributed by atoms with Crippen LogP contribution in [0.15, 0.2) is 48.5 Å². The van der Waals surface area contributed by atoms with Crippen LogP contribution in [0.1, 0.15) is 35.9 Å². The Hall–Kier alpha value is -2.93. The van der Waals surface area contributed by atoms with Crippen LogP contribution in [0.3, 0.4) is 0 Å². The summed E-state index contributed by atoms with van der Waals surface area (Å²) in [4.78, 5) is 25.0. The highest BCUT2D eigenvalue weighted by Gasteiger charge is 2.40. The van der Waals surface area contributed by atoms with Gasteiger partial charge in [0, 0.05) is 6.07 Å². The summed E-state index contributed by atoms with van der Waals surface area (Å²) in [5.74, 6) is -1.07. The van der Waals surface area contributed by atoms with Gasteiger partial charge in [0.15, 0.2) is 0 Å². The third kappa shape index (κ3) is 3.25. The normalized spacial score (nSPS) is 19.2. The minimum atomic E-state index is -0.705. The summed E-state index contributed by atoms with van der Waals surface area (Å²) in [5.41, 5.74) is -0.231. The molecule has 2 aromatic rings. The van der Waals surface area contributed by atoms with Crippen LogP contribution in [0.4, 0.5) is 5.69 Å². The zero-order chi connectivity index (χ0) is 18.9. The van der Waals surface area contributed by atoms with Crippen LogP contribution in [0.25, 0.3) is 0 Å². The second kappa shape index (κ2) is 6.76. The monoisotopic (exact) mass is 356 g/mol. The number of phenols is 1. The van der Waals surface area contributed by atoms with Gasteiger partial charge in [-0.05, 0) is 25.5 Å². The van der Waals surface area contributed by atoms with Gasteiger partial charge in [-0.1, -0.05) is 36.4 Å². The number of carbonyl (C=O) groups is 1. The molecule has 0 bridgehead atoms. The van der Waals surface area contributed by atoms with E-state index in [1.165, 1.54) is 18.2 Å². The molecule has 0 aliphatic carbocycles. The molecule has 1 aliphatic rings. The predicted molar refractivity (Wildman–Crippen MR) is 95.0 cm³/mol. The number of hydrogen-bond donors (Lipinski definition) is 1. The molecule has 136 valence electrons. The zero-order valence-electron chi connectivity index (χ0n) is 14.6. The minimum Gasteiger partial charge on any atom is -0.502 e. The number of nitro groups is 1. The van der Waals surface area contributed by atoms with Gasteiger partial charge in [-0.2, -0.15) is 0 Å². The maximum absolute atomic E-state index is 13.1. The molecular formula is C19H20N2O5. The van der Waals surface area contributed by atoms with Crippen molar-refractivity contribution in [3.8, 4) is 5.75 Å². The van der Waals surface area contributed by atoms with E-state index in [4.69, 9.17) is 4.74 Å². The fourth-order valence-electron chi connectivity index (χ4n) is 3.07. The summed E-state index contributed by atoms with van der Waals surface area (Å²) in [6.45, 7) is 4.33. The van der Waals surface area contributed by atoms with Crippen molar-refractivity contribution in [1.82, 2.24) is 4.90 Å². The van der Waals surface area contributed by atoms with Crippen molar-refractivity contribution >= 4 is 11.6 Å². The molecule has 1 N–H and O–H groups in total. The number of phenolic OH excluding ortho intramolecular Hbond substituents is 1. The Morgan fingerprint density at radius 1 is 1.23 bits per heavy atom. The van der Waals surface area contributed by atoms with Crippen molar-refractivity contribution in [3.05, 3.63) is 69.8 Å². The van der Waals surface area contributed by atoms with Gasteiger partial charge in [0.05, 0.1) is 29.2 Å². The lowest BCUT2D eigenvalue weighted by molar-refractivity contribution is -0.385. The molecule has 1 fully saturated rings. The van der Waals surface area contributed by atoms with Gasteiger partial charge in [-0.25, -0.2) is 0 Å². The van der Waals surface area contributed by atoms with Crippen molar-refractivity contribution in [2.45, 2.75) is 25.5 Å². The van der Waals surface area contributed by atoms with Gasteiger partial charge in [-0.15, -0.1) is 0 Å². The van der Waals surface area contributed by atoms with E-state index >= 15 is 0 Å². The van der Waals surface area contributed by atoms with Crippen molar-refractivity contribution in [2.75, 3.05) is 13.2 Å². The Morgan fingerprint density at radius 2 is 1.92 bits per heavy atom. The average Bonchev–Trinajstić information content (AvgIpc) is 2.61. The molecule has 3 rings (SSSR count). The minimum absolute atomic E-state index is 0.0824. The van der Waals surface area contributed by atoms with Crippen molar-refractivity contribution in [2.24, 2.45) is 0 Å². The molecule has 0 saturated carbocycles. The molecular weight excluding hydrogens is 336 g/mol. The average molecular weight is 356 g/mol. The first kappa shape index (κ1) is 17.9. The number of amides is 1. The fourth-order valence-corrected chi connectivity index (χ4v) is 3.07. The molecule has 26 heavy (non-hydrogen) atoms. The number of morpholine rings is 1. The third-order valence-corrected chi connectivity index (χ3v) is 4.58. The molecule has 1 saturated heterocycles. The highest BCUT2D eigenvalue weighted by Crippen LogP contribution is 2.35. The van der Waals surface area contributed by atoms with Gasteiger partial charge in [0.25, 0.3) is 5.91 Å². The van der Waals surface area contributed by atoms with Crippen LogP contribution in [-0.4, -0.2) is 39.5 Å². The predicted octanol–water partition coefficient (Wildman–Crippen LogP) is 3.29. The number of hydrogen-bond acceptors (Lipinski definition) is 5. The highest BCUT2D eigenvalue weighted by molar-refractivity contribution is 5.98. The quantitative estimate of drug-likeness (QED) is 0.673. The number of benzene rings is 2. The Morgan fingerprint density at radius 3 is 2.58 bits per heavy atom. The van der Waals surface area contributed by atoms with Crippen LogP contribution >= 0.6 is 0 Å². The first-order valence-electron chi connectivity index (χ1n) is 8.26. The largest absolute Gasteiger partial charge is 0.502 e. The van der Waals surface area contributed by atoms with E-state index in [1.54, 1.807) is 4.90 Å². The molecule has 1 heterocycles. The molecule has 0 spiro atoms. The van der Waals surface area contributed by atoms with E-state index in [0.29, 0.717) is 6.61 Å². The van der Waals surface area contributed by atoms with Crippen molar-refractivity contribution in [3.63, 3.8) is 0 Å². The number of aromatic hydroxyl groups is 1. The highest BCUT2D eigenvalue weighted by atomic mass is 16.6. The molecule has 7 nitrogen and oxygen atoms in total. The van der Waals surface area contributed by atoms with E-state index in [-0.39, 0.29) is 18.2 Å². The Bertz CT molecular complexity index is 835. The number of para-hydroxylation sites is 1. The lowest BCUT2D eigenvalue weighted by Gasteiger charge is -2.45. The Balaban J connectivity index is 1.94. The number of ether oxygens (including phenoxy) is 1. The molecule has 1 unspecified atom stereocenters. The molecule has 1 amide bonds. The topological polar surface area (TPSA) is 92.9 Å². The molecule has 2 aromatic carbocycles. The van der Waals surface area contributed by atoms with Crippen LogP contribution in [0, 0.1) is 10.1 Å². The second-order valence-electron chi connectivity index (χ2n) is 6.87. The van der Waals surface area contributed by atoms with Crippen LogP contribution in [-0.2, 0) is 4.74 Å². The SMILES string of the molecule is CC1(C)COC(c2ccccc2)CN1C(=O)c1cccc([N+](=O)[O-])c1O. The first-order chi connectivity index (χ1) is 12.3. The van der Waals surface area contributed by atoms with E-state index in [1.807, 2.05) is 44.2 Å². The van der Waals surface area contributed by atoms with Crippen molar-refractivity contribution in [1.29, 1.82) is 0 Å². The maximum atomic E-state index is 13.1. The summed E-state index contributed by atoms with van der Waals surface area (Å²) < 4.78 is 5.92. The first-order valence-corrected chi connectivity index (χ1v) is 8.26.